The second-order valence-corrected chi connectivity index (χ2v) is 4.60. The first kappa shape index (κ1) is 15.4. The van der Waals surface area contributed by atoms with E-state index in [0.717, 1.165) is 0 Å². The number of hydrogen-bond donors (Lipinski definition) is 1. The van der Waals surface area contributed by atoms with Gasteiger partial charge in [0.1, 0.15) is 0 Å². The molecule has 0 aliphatic rings. The van der Waals surface area contributed by atoms with Crippen molar-refractivity contribution in [2.75, 3.05) is 20.6 Å². The van der Waals surface area contributed by atoms with Gasteiger partial charge in [-0.1, -0.05) is 11.6 Å². The van der Waals surface area contributed by atoms with Crippen LogP contribution in [0.4, 0.5) is 5.69 Å². The number of nitro benzene ring substituents is 1. The molecule has 0 heterocycles. The lowest BCUT2D eigenvalue weighted by Crippen LogP contribution is -2.26. The van der Waals surface area contributed by atoms with Crippen molar-refractivity contribution in [3.8, 4) is 0 Å². The molecule has 1 aromatic carbocycles. The molecule has 0 radical (unpaired) electrons. The van der Waals surface area contributed by atoms with Gasteiger partial charge < -0.3 is 10.2 Å². The van der Waals surface area contributed by atoms with Crippen molar-refractivity contribution < 1.29 is 9.72 Å². The van der Waals surface area contributed by atoms with Gasteiger partial charge in [-0.2, -0.15) is 0 Å². The van der Waals surface area contributed by atoms with E-state index in [1.807, 2.05) is 11.9 Å². The van der Waals surface area contributed by atoms with Crippen molar-refractivity contribution in [3.05, 3.63) is 38.9 Å². The number of carbonyl (C=O) groups is 1. The van der Waals surface area contributed by atoms with Gasteiger partial charge in [-0.3, -0.25) is 14.9 Å². The Kier molecular flexibility index (Phi) is 5.72. The topological polar surface area (TPSA) is 75.5 Å². The molecule has 0 atom stereocenters. The van der Waals surface area contributed by atoms with Crippen molar-refractivity contribution in [3.63, 3.8) is 0 Å². The summed E-state index contributed by atoms with van der Waals surface area (Å²) in [6, 6.07) is 4.34. The fourth-order valence-electron chi connectivity index (χ4n) is 1.58. The zero-order valence-electron chi connectivity index (χ0n) is 10.9. The number of amides is 1. The molecule has 1 amide bonds. The van der Waals surface area contributed by atoms with Gasteiger partial charge in [0, 0.05) is 43.7 Å². The van der Waals surface area contributed by atoms with Gasteiger partial charge >= 0.3 is 0 Å². The van der Waals surface area contributed by atoms with E-state index in [2.05, 4.69) is 5.32 Å². The third kappa shape index (κ3) is 4.84. The first-order valence-electron chi connectivity index (χ1n) is 5.76. The number of non-ortho nitro benzene ring substituents is 1. The van der Waals surface area contributed by atoms with Crippen LogP contribution < -0.4 is 5.32 Å². The van der Waals surface area contributed by atoms with Crippen LogP contribution in [0.3, 0.4) is 0 Å². The first-order valence-corrected chi connectivity index (χ1v) is 6.13. The molecule has 0 spiro atoms. The van der Waals surface area contributed by atoms with Crippen LogP contribution >= 0.6 is 11.6 Å². The minimum atomic E-state index is -0.454. The van der Waals surface area contributed by atoms with Gasteiger partial charge in [0.2, 0.25) is 5.91 Å². The largest absolute Gasteiger partial charge is 0.359 e. The summed E-state index contributed by atoms with van der Waals surface area (Å²) in [5, 5.41) is 13.7. The van der Waals surface area contributed by atoms with Crippen molar-refractivity contribution >= 4 is 23.2 Å². The summed E-state index contributed by atoms with van der Waals surface area (Å²) in [5.74, 6) is -0.0445. The molecular formula is C12H16ClN3O3. The molecule has 0 aromatic heterocycles. The van der Waals surface area contributed by atoms with E-state index in [1.165, 1.54) is 18.2 Å². The number of carbonyl (C=O) groups excluding carboxylic acids is 1. The Morgan fingerprint density at radius 3 is 2.79 bits per heavy atom. The number of nitrogens with one attached hydrogen (secondary N) is 1. The SMILES string of the molecule is CNC(=O)CCN(C)Cc1cc([N+](=O)[O-])ccc1Cl. The maximum absolute atomic E-state index is 11.1. The zero-order chi connectivity index (χ0) is 14.4. The summed E-state index contributed by atoms with van der Waals surface area (Å²) in [6.45, 7) is 1.01. The highest BCUT2D eigenvalue weighted by Crippen LogP contribution is 2.23. The molecule has 6 nitrogen and oxygen atoms in total. The molecule has 0 aliphatic carbocycles. The van der Waals surface area contributed by atoms with Crippen LogP contribution in [0.2, 0.25) is 5.02 Å². The Morgan fingerprint density at radius 2 is 2.21 bits per heavy atom. The molecule has 1 aromatic rings. The van der Waals surface area contributed by atoms with Gasteiger partial charge in [0.15, 0.2) is 0 Å². The molecule has 0 unspecified atom stereocenters. The number of benzene rings is 1. The molecule has 0 fully saturated rings. The van der Waals surface area contributed by atoms with Crippen LogP contribution in [0.5, 0.6) is 0 Å². The molecule has 104 valence electrons. The standard InChI is InChI=1S/C12H16ClN3O3/c1-14-12(17)5-6-15(2)8-9-7-10(16(18)19)3-4-11(9)13/h3-4,7H,5-6,8H2,1-2H3,(H,14,17). The lowest BCUT2D eigenvalue weighted by molar-refractivity contribution is -0.384. The number of nitrogens with zero attached hydrogens (tertiary/aromatic N) is 2. The van der Waals surface area contributed by atoms with E-state index in [0.29, 0.717) is 30.1 Å². The normalized spacial score (nSPS) is 10.5. The highest BCUT2D eigenvalue weighted by molar-refractivity contribution is 6.31. The Balaban J connectivity index is 2.67. The maximum Gasteiger partial charge on any atom is 0.269 e. The molecular weight excluding hydrogens is 270 g/mol. The summed E-state index contributed by atoms with van der Waals surface area (Å²) in [4.78, 5) is 23.3. The highest BCUT2D eigenvalue weighted by atomic mass is 35.5. The van der Waals surface area contributed by atoms with Gasteiger partial charge in [-0.25, -0.2) is 0 Å². The monoisotopic (exact) mass is 285 g/mol. The number of hydrogen-bond acceptors (Lipinski definition) is 4. The van der Waals surface area contributed by atoms with Crippen molar-refractivity contribution in [1.82, 2.24) is 10.2 Å². The van der Waals surface area contributed by atoms with Crippen molar-refractivity contribution in [2.45, 2.75) is 13.0 Å². The minimum absolute atomic E-state index is 0.0131. The number of rotatable bonds is 6. The lowest BCUT2D eigenvalue weighted by Gasteiger charge is -2.16. The number of halogens is 1. The summed E-state index contributed by atoms with van der Waals surface area (Å²) in [5.41, 5.74) is 0.689. The van der Waals surface area contributed by atoms with E-state index in [9.17, 15) is 14.9 Å². The zero-order valence-corrected chi connectivity index (χ0v) is 11.6. The molecule has 0 aliphatic heterocycles. The van der Waals surface area contributed by atoms with E-state index in [-0.39, 0.29) is 11.6 Å². The second-order valence-electron chi connectivity index (χ2n) is 4.19. The quantitative estimate of drug-likeness (QED) is 0.639. The summed E-state index contributed by atoms with van der Waals surface area (Å²) in [7, 11) is 3.41. The van der Waals surface area contributed by atoms with Crippen LogP contribution in [0, 0.1) is 10.1 Å². The molecule has 0 bridgehead atoms. The van der Waals surface area contributed by atoms with E-state index >= 15 is 0 Å². The predicted octanol–water partition coefficient (Wildman–Crippen LogP) is 1.82. The maximum atomic E-state index is 11.1. The smallest absolute Gasteiger partial charge is 0.269 e. The summed E-state index contributed by atoms with van der Waals surface area (Å²) in [6.07, 6.45) is 0.375. The van der Waals surface area contributed by atoms with Gasteiger partial charge in [-0.15, -0.1) is 0 Å². The molecule has 1 rings (SSSR count). The average molecular weight is 286 g/mol. The highest BCUT2D eigenvalue weighted by Gasteiger charge is 2.11. The van der Waals surface area contributed by atoms with Crippen LogP contribution in [-0.4, -0.2) is 36.4 Å². The van der Waals surface area contributed by atoms with E-state index in [1.54, 1.807) is 7.05 Å². The Hall–Kier alpha value is -1.66. The summed E-state index contributed by atoms with van der Waals surface area (Å²) < 4.78 is 0. The third-order valence-corrected chi connectivity index (χ3v) is 3.05. The molecule has 19 heavy (non-hydrogen) atoms. The molecule has 0 saturated carbocycles. The van der Waals surface area contributed by atoms with Crippen LogP contribution in [-0.2, 0) is 11.3 Å². The van der Waals surface area contributed by atoms with Crippen molar-refractivity contribution in [2.24, 2.45) is 0 Å². The Morgan fingerprint density at radius 1 is 1.53 bits per heavy atom. The van der Waals surface area contributed by atoms with Gasteiger partial charge in [-0.05, 0) is 18.7 Å². The number of nitro groups is 1. The molecule has 1 N–H and O–H groups in total. The third-order valence-electron chi connectivity index (χ3n) is 2.68. The fraction of sp³-hybridized carbons (Fsp3) is 0.417. The van der Waals surface area contributed by atoms with E-state index < -0.39 is 4.92 Å². The van der Waals surface area contributed by atoms with Crippen LogP contribution in [0.1, 0.15) is 12.0 Å². The average Bonchev–Trinajstić information content (AvgIpc) is 2.38. The molecule has 7 heteroatoms. The summed E-state index contributed by atoms with van der Waals surface area (Å²) >= 11 is 6.01. The van der Waals surface area contributed by atoms with E-state index in [4.69, 9.17) is 11.6 Å². The minimum Gasteiger partial charge on any atom is -0.359 e. The lowest BCUT2D eigenvalue weighted by atomic mass is 10.2. The van der Waals surface area contributed by atoms with Crippen LogP contribution in [0.15, 0.2) is 18.2 Å². The molecule has 0 saturated heterocycles. The first-order chi connectivity index (χ1) is 8.93. The van der Waals surface area contributed by atoms with Gasteiger partial charge in [0.05, 0.1) is 4.92 Å². The Labute approximate surface area is 116 Å². The van der Waals surface area contributed by atoms with Crippen LogP contribution in [0.25, 0.3) is 0 Å². The predicted molar refractivity (Wildman–Crippen MR) is 73.1 cm³/mol. The Bertz CT molecular complexity index is 479. The fourth-order valence-corrected chi connectivity index (χ4v) is 1.76. The van der Waals surface area contributed by atoms with Gasteiger partial charge in [0.25, 0.3) is 5.69 Å². The van der Waals surface area contributed by atoms with Crippen molar-refractivity contribution in [1.29, 1.82) is 0 Å². The second kappa shape index (κ2) is 7.06.